The van der Waals surface area contributed by atoms with Crippen LogP contribution < -0.4 is 4.74 Å². The zero-order chi connectivity index (χ0) is 14.5. The van der Waals surface area contributed by atoms with Crippen molar-refractivity contribution in [3.05, 3.63) is 71.9 Å². The Labute approximate surface area is 128 Å². The van der Waals surface area contributed by atoms with Crippen LogP contribution in [0.4, 0.5) is 0 Å². The van der Waals surface area contributed by atoms with E-state index in [1.807, 2.05) is 54.6 Å². The van der Waals surface area contributed by atoms with Gasteiger partial charge in [-0.25, -0.2) is 4.98 Å². The van der Waals surface area contributed by atoms with Crippen molar-refractivity contribution in [3.8, 4) is 5.75 Å². The summed E-state index contributed by atoms with van der Waals surface area (Å²) in [5, 5.41) is 1.13. The van der Waals surface area contributed by atoms with Crippen LogP contribution in [0.15, 0.2) is 60.7 Å². The normalized spacial score (nSPS) is 10.7. The zero-order valence-electron chi connectivity index (χ0n) is 11.3. The minimum atomic E-state index is 0.354. The molecule has 2 aromatic carbocycles. The van der Waals surface area contributed by atoms with Gasteiger partial charge in [0.25, 0.3) is 0 Å². The molecule has 1 heterocycles. The van der Waals surface area contributed by atoms with E-state index in [0.717, 1.165) is 27.9 Å². The van der Waals surface area contributed by atoms with Gasteiger partial charge in [-0.1, -0.05) is 36.4 Å². The van der Waals surface area contributed by atoms with Gasteiger partial charge >= 0.3 is 0 Å². The Kier molecular flexibility index (Phi) is 4.34. The summed E-state index contributed by atoms with van der Waals surface area (Å²) in [7, 11) is 0. The maximum absolute atomic E-state index is 5.77. The molecule has 0 unspecified atom stereocenters. The molecule has 4 heteroatoms. The summed E-state index contributed by atoms with van der Waals surface area (Å²) >= 11 is 5.27. The van der Waals surface area contributed by atoms with E-state index in [-0.39, 0.29) is 0 Å². The van der Waals surface area contributed by atoms with E-state index in [4.69, 9.17) is 16.6 Å². The molecule has 21 heavy (non-hydrogen) atoms. The highest BCUT2D eigenvalue weighted by Crippen LogP contribution is 2.17. The molecule has 3 nitrogen and oxygen atoms in total. The van der Waals surface area contributed by atoms with Gasteiger partial charge in [0.2, 0.25) is 0 Å². The molecule has 0 aliphatic rings. The van der Waals surface area contributed by atoms with Gasteiger partial charge in [-0.3, -0.25) is 4.29 Å². The van der Waals surface area contributed by atoms with Crippen LogP contribution in [-0.4, -0.2) is 4.98 Å². The monoisotopic (exact) mass is 299 g/mol. The molecule has 0 fully saturated rings. The number of nitrogens with zero attached hydrogens (tertiary/aromatic N) is 1. The Morgan fingerprint density at radius 3 is 2.71 bits per heavy atom. The van der Waals surface area contributed by atoms with Crippen LogP contribution in [0.5, 0.6) is 5.75 Å². The van der Waals surface area contributed by atoms with Crippen molar-refractivity contribution in [1.82, 2.24) is 4.98 Å². The molecular formula is C17H14ClNO2. The minimum Gasteiger partial charge on any atom is -0.487 e. The average molecular weight is 300 g/mol. The number of rotatable bonds is 5. The Hall–Kier alpha value is -2.10. The minimum absolute atomic E-state index is 0.354. The van der Waals surface area contributed by atoms with Crippen LogP contribution in [-0.2, 0) is 17.5 Å². The van der Waals surface area contributed by atoms with E-state index in [0.29, 0.717) is 13.2 Å². The van der Waals surface area contributed by atoms with Crippen LogP contribution in [0.2, 0.25) is 0 Å². The fraction of sp³-hybridized carbons (Fsp3) is 0.118. The van der Waals surface area contributed by atoms with Crippen molar-refractivity contribution in [1.29, 1.82) is 0 Å². The van der Waals surface area contributed by atoms with E-state index >= 15 is 0 Å². The lowest BCUT2D eigenvalue weighted by Gasteiger charge is -2.08. The Morgan fingerprint density at radius 2 is 1.81 bits per heavy atom. The van der Waals surface area contributed by atoms with E-state index in [2.05, 4.69) is 15.3 Å². The van der Waals surface area contributed by atoms with Gasteiger partial charge in [-0.2, -0.15) is 0 Å². The highest BCUT2D eigenvalue weighted by Gasteiger charge is 2.01. The van der Waals surface area contributed by atoms with Gasteiger partial charge in [-0.15, -0.1) is 0 Å². The summed E-state index contributed by atoms with van der Waals surface area (Å²) in [6, 6.07) is 19.7. The highest BCUT2D eigenvalue weighted by molar-refractivity contribution is 6.07. The zero-order valence-corrected chi connectivity index (χ0v) is 12.1. The van der Waals surface area contributed by atoms with Crippen LogP contribution >= 0.6 is 11.9 Å². The lowest BCUT2D eigenvalue weighted by atomic mass is 10.2. The average Bonchev–Trinajstić information content (AvgIpc) is 2.53. The van der Waals surface area contributed by atoms with Crippen molar-refractivity contribution in [2.75, 3.05) is 0 Å². The summed E-state index contributed by atoms with van der Waals surface area (Å²) in [4.78, 5) is 4.58. The molecule has 3 rings (SSSR count). The molecule has 0 aliphatic carbocycles. The van der Waals surface area contributed by atoms with Crippen molar-refractivity contribution >= 4 is 22.8 Å². The Bertz CT molecular complexity index is 745. The van der Waals surface area contributed by atoms with Crippen molar-refractivity contribution in [2.24, 2.45) is 0 Å². The van der Waals surface area contributed by atoms with E-state index < -0.39 is 0 Å². The summed E-state index contributed by atoms with van der Waals surface area (Å²) < 4.78 is 10.4. The molecule has 0 aliphatic heterocycles. The Balaban J connectivity index is 1.72. The molecule has 0 amide bonds. The molecule has 3 aromatic rings. The van der Waals surface area contributed by atoms with Gasteiger partial charge in [0.05, 0.1) is 29.7 Å². The smallest absolute Gasteiger partial charge is 0.130 e. The molecule has 0 N–H and O–H groups in total. The number of fused-ring (bicyclic) bond motifs is 1. The maximum atomic E-state index is 5.77. The van der Waals surface area contributed by atoms with Crippen molar-refractivity contribution in [3.63, 3.8) is 0 Å². The van der Waals surface area contributed by atoms with Crippen LogP contribution in [0.3, 0.4) is 0 Å². The van der Waals surface area contributed by atoms with Crippen LogP contribution in [0.25, 0.3) is 10.9 Å². The first-order valence-electron chi connectivity index (χ1n) is 6.65. The maximum Gasteiger partial charge on any atom is 0.130 e. The molecule has 1 aromatic heterocycles. The molecule has 0 atom stereocenters. The number of halogens is 1. The molecule has 0 saturated carbocycles. The van der Waals surface area contributed by atoms with Gasteiger partial charge in [0, 0.05) is 5.39 Å². The first kappa shape index (κ1) is 13.9. The number of pyridine rings is 1. The van der Waals surface area contributed by atoms with Crippen molar-refractivity contribution in [2.45, 2.75) is 13.2 Å². The second kappa shape index (κ2) is 6.57. The number of benzene rings is 2. The largest absolute Gasteiger partial charge is 0.487 e. The topological polar surface area (TPSA) is 31.4 Å². The fourth-order valence-corrected chi connectivity index (χ4v) is 2.26. The second-order valence-electron chi connectivity index (χ2n) is 4.68. The number of hydrogen-bond donors (Lipinski definition) is 0. The summed E-state index contributed by atoms with van der Waals surface area (Å²) in [6.45, 7) is 0.781. The van der Waals surface area contributed by atoms with E-state index in [9.17, 15) is 0 Å². The molecular weight excluding hydrogens is 286 g/mol. The van der Waals surface area contributed by atoms with E-state index in [1.54, 1.807) is 0 Å². The molecule has 0 bridgehead atoms. The molecule has 106 valence electrons. The lowest BCUT2D eigenvalue weighted by molar-refractivity contribution is 0.299. The standard InChI is InChI=1S/C17H14ClNO2/c18-21-11-13-4-3-6-16(10-13)20-12-15-9-8-14-5-1-2-7-17(14)19-15/h1-10H,11-12H2. The third-order valence-electron chi connectivity index (χ3n) is 3.16. The number of aromatic nitrogens is 1. The third kappa shape index (κ3) is 3.51. The summed E-state index contributed by atoms with van der Waals surface area (Å²) in [5.41, 5.74) is 2.84. The quantitative estimate of drug-likeness (QED) is 0.696. The van der Waals surface area contributed by atoms with Gasteiger partial charge in [0.1, 0.15) is 12.4 Å². The van der Waals surface area contributed by atoms with Gasteiger partial charge < -0.3 is 4.74 Å². The first-order chi connectivity index (χ1) is 10.3. The van der Waals surface area contributed by atoms with Gasteiger partial charge in [-0.05, 0) is 29.8 Å². The predicted molar refractivity (Wildman–Crippen MR) is 83.2 cm³/mol. The van der Waals surface area contributed by atoms with Crippen molar-refractivity contribution < 1.29 is 9.03 Å². The van der Waals surface area contributed by atoms with Crippen LogP contribution in [0, 0.1) is 0 Å². The van der Waals surface area contributed by atoms with Crippen LogP contribution in [0.1, 0.15) is 11.3 Å². The highest BCUT2D eigenvalue weighted by atomic mass is 35.5. The summed E-state index contributed by atoms with van der Waals surface area (Å²) in [6.07, 6.45) is 0. The number of hydrogen-bond acceptors (Lipinski definition) is 3. The molecule has 0 spiro atoms. The fourth-order valence-electron chi connectivity index (χ4n) is 2.13. The van der Waals surface area contributed by atoms with E-state index in [1.165, 1.54) is 0 Å². The first-order valence-corrected chi connectivity index (χ1v) is 6.96. The van der Waals surface area contributed by atoms with Gasteiger partial charge in [0.15, 0.2) is 0 Å². The third-order valence-corrected chi connectivity index (χ3v) is 3.27. The predicted octanol–water partition coefficient (Wildman–Crippen LogP) is 4.48. The SMILES string of the molecule is ClOCc1cccc(OCc2ccc3ccccc3n2)c1. The Morgan fingerprint density at radius 1 is 0.905 bits per heavy atom. The number of ether oxygens (including phenoxy) is 1. The molecule has 0 radical (unpaired) electrons. The second-order valence-corrected chi connectivity index (χ2v) is 4.90. The lowest BCUT2D eigenvalue weighted by Crippen LogP contribution is -1.99. The molecule has 0 saturated heterocycles. The number of para-hydroxylation sites is 1. The summed E-state index contributed by atoms with van der Waals surface area (Å²) in [5.74, 6) is 0.774.